The molecule has 0 heterocycles. The fourth-order valence-corrected chi connectivity index (χ4v) is 2.68. The Labute approximate surface area is 130 Å². The van der Waals surface area contributed by atoms with E-state index < -0.39 is 0 Å². The van der Waals surface area contributed by atoms with Crippen LogP contribution in [0, 0.1) is 0 Å². The summed E-state index contributed by atoms with van der Waals surface area (Å²) in [5.74, 6) is 0. The molecule has 0 aliphatic heterocycles. The highest BCUT2D eigenvalue weighted by Crippen LogP contribution is 2.27. The van der Waals surface area contributed by atoms with E-state index in [1.165, 1.54) is 0 Å². The van der Waals surface area contributed by atoms with Crippen molar-refractivity contribution in [2.75, 3.05) is 13.6 Å². The lowest BCUT2D eigenvalue weighted by Crippen LogP contribution is -2.41. The average molecular weight is 348 g/mol. The van der Waals surface area contributed by atoms with E-state index in [9.17, 15) is 0 Å². The van der Waals surface area contributed by atoms with Crippen LogP contribution >= 0.6 is 27.5 Å². The Kier molecular flexibility index (Phi) is 6.31. The molecule has 0 amide bonds. The highest BCUT2D eigenvalue weighted by Gasteiger charge is 2.21. The van der Waals surface area contributed by atoms with Gasteiger partial charge in [-0.05, 0) is 51.4 Å². The summed E-state index contributed by atoms with van der Waals surface area (Å²) in [4.78, 5) is 2.36. The van der Waals surface area contributed by atoms with Crippen molar-refractivity contribution in [3.63, 3.8) is 0 Å². The number of halogens is 2. The minimum atomic E-state index is -0.0179. The molecule has 108 valence electrons. The first-order valence-electron chi connectivity index (χ1n) is 6.69. The van der Waals surface area contributed by atoms with Gasteiger partial charge in [0.25, 0.3) is 0 Å². The van der Waals surface area contributed by atoms with Gasteiger partial charge in [0.15, 0.2) is 0 Å². The molecule has 1 rings (SSSR count). The Bertz CT molecular complexity index is 421. The van der Waals surface area contributed by atoms with Gasteiger partial charge in [0.1, 0.15) is 0 Å². The first kappa shape index (κ1) is 17.0. The highest BCUT2D eigenvalue weighted by atomic mass is 79.9. The second-order valence-corrected chi connectivity index (χ2v) is 6.97. The Morgan fingerprint density at radius 3 is 2.58 bits per heavy atom. The second kappa shape index (κ2) is 7.07. The molecule has 19 heavy (non-hydrogen) atoms. The summed E-state index contributed by atoms with van der Waals surface area (Å²) < 4.78 is 0.984. The van der Waals surface area contributed by atoms with Crippen LogP contribution in [0.2, 0.25) is 5.02 Å². The van der Waals surface area contributed by atoms with Crippen LogP contribution in [0.15, 0.2) is 22.7 Å². The molecule has 1 aromatic rings. The third-order valence-corrected chi connectivity index (χ3v) is 4.86. The molecular weight excluding hydrogens is 324 g/mol. The van der Waals surface area contributed by atoms with Gasteiger partial charge in [-0.15, -0.1) is 0 Å². The maximum Gasteiger partial charge on any atom is 0.0464 e. The zero-order chi connectivity index (χ0) is 14.6. The molecule has 0 saturated carbocycles. The smallest absolute Gasteiger partial charge is 0.0464 e. The van der Waals surface area contributed by atoms with E-state index in [4.69, 9.17) is 17.3 Å². The van der Waals surface area contributed by atoms with Crippen LogP contribution < -0.4 is 5.73 Å². The van der Waals surface area contributed by atoms with Gasteiger partial charge < -0.3 is 10.6 Å². The summed E-state index contributed by atoms with van der Waals surface area (Å²) in [6.07, 6.45) is 2.03. The lowest BCUT2D eigenvalue weighted by atomic mass is 9.98. The van der Waals surface area contributed by atoms with Crippen LogP contribution in [0.25, 0.3) is 0 Å². The van der Waals surface area contributed by atoms with E-state index in [1.54, 1.807) is 0 Å². The molecule has 2 nitrogen and oxygen atoms in total. The summed E-state index contributed by atoms with van der Waals surface area (Å²) in [7, 11) is 2.15. The number of nitrogens with two attached hydrogens (primary N) is 1. The van der Waals surface area contributed by atoms with Crippen molar-refractivity contribution in [2.24, 2.45) is 5.73 Å². The van der Waals surface area contributed by atoms with E-state index in [0.717, 1.165) is 34.4 Å². The van der Waals surface area contributed by atoms with E-state index in [1.807, 2.05) is 18.2 Å². The van der Waals surface area contributed by atoms with Crippen molar-refractivity contribution < 1.29 is 0 Å². The van der Waals surface area contributed by atoms with Crippen molar-refractivity contribution in [1.82, 2.24) is 4.90 Å². The number of benzene rings is 1. The molecule has 0 aromatic heterocycles. The summed E-state index contributed by atoms with van der Waals surface area (Å²) >= 11 is 9.64. The van der Waals surface area contributed by atoms with Gasteiger partial charge in [-0.1, -0.05) is 40.5 Å². The summed E-state index contributed by atoms with van der Waals surface area (Å²) in [5, 5.41) is 0.735. The van der Waals surface area contributed by atoms with Crippen LogP contribution in [-0.2, 0) is 0 Å². The van der Waals surface area contributed by atoms with Crippen molar-refractivity contribution in [3.8, 4) is 0 Å². The number of rotatable bonds is 6. The van der Waals surface area contributed by atoms with Crippen molar-refractivity contribution >= 4 is 27.5 Å². The predicted octanol–water partition coefficient (Wildman–Crippen LogP) is 4.61. The Morgan fingerprint density at radius 2 is 2.05 bits per heavy atom. The Balaban J connectivity index is 2.63. The van der Waals surface area contributed by atoms with E-state index >= 15 is 0 Å². The summed E-state index contributed by atoms with van der Waals surface area (Å²) in [5.41, 5.74) is 7.48. The molecule has 0 fully saturated rings. The molecule has 4 heteroatoms. The van der Waals surface area contributed by atoms with Gasteiger partial charge in [0.05, 0.1) is 0 Å². The standard InChI is InChI=1S/C15H24BrClN2/c1-5-15(2,3)19(4)9-8-14(18)12-7-6-11(16)10-13(12)17/h6-7,10,14H,5,8-9,18H2,1-4H3. The fourth-order valence-electron chi connectivity index (χ4n) is 1.86. The minimum absolute atomic E-state index is 0.0179. The van der Waals surface area contributed by atoms with Crippen LogP contribution in [0.1, 0.15) is 45.2 Å². The van der Waals surface area contributed by atoms with Gasteiger partial charge >= 0.3 is 0 Å². The third kappa shape index (κ3) is 4.75. The maximum atomic E-state index is 6.25. The normalized spacial score (nSPS) is 13.9. The first-order chi connectivity index (χ1) is 8.77. The average Bonchev–Trinajstić information content (AvgIpc) is 2.35. The third-order valence-electron chi connectivity index (χ3n) is 4.04. The molecule has 1 aromatic carbocycles. The minimum Gasteiger partial charge on any atom is -0.324 e. The van der Waals surface area contributed by atoms with Gasteiger partial charge in [0, 0.05) is 27.6 Å². The van der Waals surface area contributed by atoms with Gasteiger partial charge in [-0.2, -0.15) is 0 Å². The highest BCUT2D eigenvalue weighted by molar-refractivity contribution is 9.10. The Hall–Kier alpha value is -0.0900. The molecule has 0 aliphatic carbocycles. The maximum absolute atomic E-state index is 6.25. The van der Waals surface area contributed by atoms with E-state index in [0.29, 0.717) is 0 Å². The largest absolute Gasteiger partial charge is 0.324 e. The van der Waals surface area contributed by atoms with Gasteiger partial charge in [-0.25, -0.2) is 0 Å². The molecule has 0 spiro atoms. The first-order valence-corrected chi connectivity index (χ1v) is 7.86. The van der Waals surface area contributed by atoms with Gasteiger partial charge in [0.2, 0.25) is 0 Å². The molecule has 0 aliphatic rings. The number of hydrogen-bond acceptors (Lipinski definition) is 2. The molecule has 0 saturated heterocycles. The quantitative estimate of drug-likeness (QED) is 0.814. The SMILES string of the molecule is CCC(C)(C)N(C)CCC(N)c1ccc(Br)cc1Cl. The summed E-state index contributed by atoms with van der Waals surface area (Å²) in [6, 6.07) is 5.87. The van der Waals surface area contributed by atoms with Crippen molar-refractivity contribution in [2.45, 2.75) is 45.2 Å². The molecule has 1 unspecified atom stereocenters. The molecule has 0 bridgehead atoms. The molecular formula is C15H24BrClN2. The van der Waals surface area contributed by atoms with Crippen molar-refractivity contribution in [1.29, 1.82) is 0 Å². The summed E-state index contributed by atoms with van der Waals surface area (Å²) in [6.45, 7) is 7.69. The molecule has 1 atom stereocenters. The number of hydrogen-bond donors (Lipinski definition) is 1. The molecule has 0 radical (unpaired) electrons. The molecule has 2 N–H and O–H groups in total. The zero-order valence-electron chi connectivity index (χ0n) is 12.2. The van der Waals surface area contributed by atoms with Crippen LogP contribution in [0.3, 0.4) is 0 Å². The van der Waals surface area contributed by atoms with Crippen LogP contribution in [0.4, 0.5) is 0 Å². The van der Waals surface area contributed by atoms with Gasteiger partial charge in [-0.3, -0.25) is 0 Å². The fraction of sp³-hybridized carbons (Fsp3) is 0.600. The second-order valence-electron chi connectivity index (χ2n) is 5.65. The topological polar surface area (TPSA) is 29.3 Å². The zero-order valence-corrected chi connectivity index (χ0v) is 14.6. The Morgan fingerprint density at radius 1 is 1.42 bits per heavy atom. The number of nitrogens with zero attached hydrogens (tertiary/aromatic N) is 1. The van der Waals surface area contributed by atoms with E-state index in [-0.39, 0.29) is 11.6 Å². The van der Waals surface area contributed by atoms with Crippen LogP contribution in [-0.4, -0.2) is 24.0 Å². The van der Waals surface area contributed by atoms with Crippen LogP contribution in [0.5, 0.6) is 0 Å². The predicted molar refractivity (Wildman–Crippen MR) is 87.7 cm³/mol. The lowest BCUT2D eigenvalue weighted by molar-refractivity contribution is 0.146. The van der Waals surface area contributed by atoms with E-state index in [2.05, 4.69) is 48.6 Å². The monoisotopic (exact) mass is 346 g/mol. The van der Waals surface area contributed by atoms with Crippen molar-refractivity contribution in [3.05, 3.63) is 33.3 Å². The lowest BCUT2D eigenvalue weighted by Gasteiger charge is -2.35.